The number of halogens is 5. The molecule has 3 unspecified atom stereocenters. The number of rotatable bonds is 6. The Morgan fingerprint density at radius 3 is 2.65 bits per heavy atom. The van der Waals surface area contributed by atoms with E-state index in [9.17, 15) is 22.4 Å². The number of ether oxygens (including phenoxy) is 1. The Morgan fingerprint density at radius 2 is 1.97 bits per heavy atom. The van der Waals surface area contributed by atoms with E-state index in [0.717, 1.165) is 31.3 Å². The molecule has 5 atom stereocenters. The van der Waals surface area contributed by atoms with Gasteiger partial charge in [-0.3, -0.25) is 14.7 Å². The van der Waals surface area contributed by atoms with E-state index in [4.69, 9.17) is 4.74 Å². The Hall–Kier alpha value is -2.73. The van der Waals surface area contributed by atoms with Gasteiger partial charge in [0.25, 0.3) is 5.91 Å². The molecule has 3 fully saturated rings. The minimum atomic E-state index is -2.02. The molecule has 3 aliphatic heterocycles. The van der Waals surface area contributed by atoms with Crippen molar-refractivity contribution in [3.63, 3.8) is 0 Å². The van der Waals surface area contributed by atoms with Gasteiger partial charge in [0.15, 0.2) is 23.3 Å². The molecule has 1 aromatic heterocycles. The maximum atomic E-state index is 14.8. The predicted octanol–water partition coefficient (Wildman–Crippen LogP) is 5.77. The third-order valence-electron chi connectivity index (χ3n) is 7.58. The number of nitrogens with one attached hydrogen (secondary N) is 1. The van der Waals surface area contributed by atoms with E-state index in [2.05, 4.69) is 21.8 Å². The third-order valence-corrected chi connectivity index (χ3v) is 8.59. The molecule has 3 saturated heterocycles. The summed E-state index contributed by atoms with van der Waals surface area (Å²) in [7, 11) is 1.54. The molecule has 10 heteroatoms. The van der Waals surface area contributed by atoms with Crippen LogP contribution in [0.5, 0.6) is 5.75 Å². The zero-order valence-corrected chi connectivity index (χ0v) is 22.1. The minimum absolute atomic E-state index is 0.174. The number of hydrogen-bond acceptors (Lipinski definition) is 4. The van der Waals surface area contributed by atoms with E-state index in [1.807, 2.05) is 6.08 Å². The van der Waals surface area contributed by atoms with Crippen LogP contribution in [0.3, 0.4) is 0 Å². The molecule has 0 spiro atoms. The van der Waals surface area contributed by atoms with Gasteiger partial charge in [0, 0.05) is 24.2 Å². The molecule has 6 rings (SSSR count). The first-order valence-corrected chi connectivity index (χ1v) is 12.9. The number of pyridine rings is 1. The first kappa shape index (κ1) is 25.9. The normalized spacial score (nSPS) is 23.6. The van der Waals surface area contributed by atoms with Crippen molar-refractivity contribution in [2.45, 2.75) is 24.9 Å². The fraction of sp³-hybridized carbons (Fsp3) is 0.333. The van der Waals surface area contributed by atoms with Crippen LogP contribution in [0.4, 0.5) is 17.6 Å². The van der Waals surface area contributed by atoms with Gasteiger partial charge in [-0.1, -0.05) is 6.08 Å². The van der Waals surface area contributed by atoms with Crippen LogP contribution < -0.4 is 10.1 Å². The summed E-state index contributed by atoms with van der Waals surface area (Å²) in [6.45, 7) is 5.52. The summed E-state index contributed by atoms with van der Waals surface area (Å²) >= 11 is 1.32. The highest BCUT2D eigenvalue weighted by Crippen LogP contribution is 2.42. The molecule has 4 heterocycles. The molecule has 0 saturated carbocycles. The zero-order valence-electron chi connectivity index (χ0n) is 19.9. The number of piperidine rings is 3. The molecule has 37 heavy (non-hydrogen) atoms. The lowest BCUT2D eigenvalue weighted by molar-refractivity contribution is 0.00166. The number of benzene rings is 2. The number of hydrogen-bond donors (Lipinski definition) is 1. The van der Waals surface area contributed by atoms with Gasteiger partial charge >= 0.3 is 0 Å². The van der Waals surface area contributed by atoms with Gasteiger partial charge in [-0.25, -0.2) is 17.6 Å². The Bertz CT molecular complexity index is 1370. The lowest BCUT2D eigenvalue weighted by Crippen LogP contribution is -2.57. The SMILES string of the molecule is C=CC1CN2CCC1C[C@H]2[C@@H](NC(=O)c1c(F)c(F)c(F)c(F)c1I)c1ccnc2ccc(OC)cc12. The smallest absolute Gasteiger partial charge is 0.256 e. The minimum Gasteiger partial charge on any atom is -0.497 e. The summed E-state index contributed by atoms with van der Waals surface area (Å²) in [6, 6.07) is 6.30. The molecule has 1 amide bonds. The summed E-state index contributed by atoms with van der Waals surface area (Å²) in [4.78, 5) is 20.1. The Balaban J connectivity index is 1.62. The largest absolute Gasteiger partial charge is 0.497 e. The Morgan fingerprint density at radius 1 is 1.22 bits per heavy atom. The maximum Gasteiger partial charge on any atom is 0.256 e. The third kappa shape index (κ3) is 4.47. The van der Waals surface area contributed by atoms with Gasteiger partial charge in [0.2, 0.25) is 0 Å². The molecule has 3 aromatic rings. The van der Waals surface area contributed by atoms with Crippen molar-refractivity contribution in [2.75, 3.05) is 20.2 Å². The highest BCUT2D eigenvalue weighted by molar-refractivity contribution is 14.1. The second kappa shape index (κ2) is 10.2. The summed E-state index contributed by atoms with van der Waals surface area (Å²) in [5.41, 5.74) is 0.512. The lowest BCUT2D eigenvalue weighted by atomic mass is 9.73. The second-order valence-corrected chi connectivity index (χ2v) is 10.5. The van der Waals surface area contributed by atoms with Crippen LogP contribution in [0.15, 0.2) is 43.1 Å². The van der Waals surface area contributed by atoms with E-state index in [1.165, 1.54) is 22.6 Å². The van der Waals surface area contributed by atoms with E-state index in [0.29, 0.717) is 28.7 Å². The fourth-order valence-corrected chi connectivity index (χ4v) is 6.39. The van der Waals surface area contributed by atoms with Gasteiger partial charge in [0.1, 0.15) is 5.75 Å². The molecule has 0 radical (unpaired) electrons. The number of fused-ring (bicyclic) bond motifs is 4. The highest BCUT2D eigenvalue weighted by atomic mass is 127. The molecule has 194 valence electrons. The lowest BCUT2D eigenvalue weighted by Gasteiger charge is -2.51. The average molecular weight is 625 g/mol. The molecule has 0 aliphatic carbocycles. The van der Waals surface area contributed by atoms with Crippen LogP contribution in [0, 0.1) is 38.7 Å². The van der Waals surface area contributed by atoms with E-state index < -0.39 is 44.4 Å². The quantitative estimate of drug-likeness (QED) is 0.124. The number of nitrogens with zero attached hydrogens (tertiary/aromatic N) is 2. The number of amides is 1. The van der Waals surface area contributed by atoms with Crippen molar-refractivity contribution in [2.24, 2.45) is 11.8 Å². The van der Waals surface area contributed by atoms with Gasteiger partial charge in [-0.15, -0.1) is 6.58 Å². The van der Waals surface area contributed by atoms with Gasteiger partial charge in [-0.2, -0.15) is 0 Å². The van der Waals surface area contributed by atoms with Gasteiger partial charge in [-0.05, 0) is 83.6 Å². The van der Waals surface area contributed by atoms with Crippen LogP contribution in [-0.2, 0) is 0 Å². The van der Waals surface area contributed by atoms with Crippen molar-refractivity contribution in [3.05, 3.63) is 81.1 Å². The Kier molecular flexibility index (Phi) is 7.14. The van der Waals surface area contributed by atoms with Crippen LogP contribution in [0.1, 0.15) is 34.8 Å². The predicted molar refractivity (Wildman–Crippen MR) is 139 cm³/mol. The van der Waals surface area contributed by atoms with Gasteiger partial charge < -0.3 is 10.1 Å². The summed E-state index contributed by atoms with van der Waals surface area (Å²) in [5.74, 6) is -7.07. The highest BCUT2D eigenvalue weighted by Gasteiger charge is 2.44. The summed E-state index contributed by atoms with van der Waals surface area (Å²) < 4.78 is 61.7. The molecular weight excluding hydrogens is 601 g/mol. The monoisotopic (exact) mass is 625 g/mol. The van der Waals surface area contributed by atoms with E-state index in [1.54, 1.807) is 37.6 Å². The topological polar surface area (TPSA) is 54.5 Å². The van der Waals surface area contributed by atoms with E-state index >= 15 is 0 Å². The van der Waals surface area contributed by atoms with Crippen molar-refractivity contribution in [1.29, 1.82) is 0 Å². The second-order valence-electron chi connectivity index (χ2n) is 9.43. The molecule has 1 N–H and O–H groups in total. The van der Waals surface area contributed by atoms with Crippen LogP contribution in [0.2, 0.25) is 0 Å². The zero-order chi connectivity index (χ0) is 26.4. The molecule has 2 aromatic carbocycles. The van der Waals surface area contributed by atoms with Crippen LogP contribution in [0.25, 0.3) is 10.9 Å². The van der Waals surface area contributed by atoms with Crippen LogP contribution >= 0.6 is 22.6 Å². The van der Waals surface area contributed by atoms with Crippen molar-refractivity contribution in [1.82, 2.24) is 15.2 Å². The van der Waals surface area contributed by atoms with Crippen molar-refractivity contribution >= 4 is 39.4 Å². The first-order chi connectivity index (χ1) is 17.7. The Labute approximate surface area is 225 Å². The van der Waals surface area contributed by atoms with Crippen molar-refractivity contribution < 1.29 is 27.1 Å². The average Bonchev–Trinajstić information content (AvgIpc) is 2.93. The van der Waals surface area contributed by atoms with E-state index in [-0.39, 0.29) is 6.04 Å². The summed E-state index contributed by atoms with van der Waals surface area (Å²) in [5, 5.41) is 3.57. The number of methoxy groups -OCH3 is 1. The molecular formula is C27H24F4IN3O2. The van der Waals surface area contributed by atoms with Gasteiger partial charge in [0.05, 0.1) is 27.8 Å². The molecule has 2 bridgehead atoms. The standard InChI is InChI=1S/C27H24F4IN3O2/c1-3-13-12-35-9-7-14(13)10-19(35)26(16-6-8-33-18-5-4-15(37-2)11-17(16)18)34-27(36)20-21(28)22(29)23(30)24(31)25(20)32/h3-6,8,11,13-14,19,26H,1,7,9-10,12H2,2H3,(H,34,36)/t13?,14?,19-,26-/m0/s1. The molecule has 5 nitrogen and oxygen atoms in total. The molecule has 3 aliphatic rings. The number of aromatic nitrogens is 1. The summed E-state index contributed by atoms with van der Waals surface area (Å²) in [6.07, 6.45) is 5.30. The fourth-order valence-electron chi connectivity index (χ4n) is 5.67. The number of carbonyl (C=O) groups excluding carboxylic acids is 1. The first-order valence-electron chi connectivity index (χ1n) is 11.9. The number of carbonyl (C=O) groups is 1. The van der Waals surface area contributed by atoms with Crippen LogP contribution in [-0.4, -0.2) is 42.0 Å². The maximum absolute atomic E-state index is 14.8. The van der Waals surface area contributed by atoms with Crippen molar-refractivity contribution in [3.8, 4) is 5.75 Å².